The number of carbonyl (C=O) groups excluding carboxylic acids is 1. The van der Waals surface area contributed by atoms with E-state index in [9.17, 15) is 13.6 Å². The second-order valence-electron chi connectivity index (χ2n) is 8.75. The van der Waals surface area contributed by atoms with Gasteiger partial charge in [0.2, 0.25) is 0 Å². The Hall–Kier alpha value is -3.00. The van der Waals surface area contributed by atoms with E-state index in [1.165, 1.54) is 18.2 Å². The molecule has 1 aliphatic heterocycles. The van der Waals surface area contributed by atoms with Gasteiger partial charge in [0.1, 0.15) is 17.4 Å². The lowest BCUT2D eigenvalue weighted by molar-refractivity contribution is -0.140. The number of benzene rings is 3. The molecular formula is C28H29ClF2N2O3. The third-order valence-electron chi connectivity index (χ3n) is 6.24. The molecule has 4 rings (SSSR count). The van der Waals surface area contributed by atoms with Gasteiger partial charge in [-0.25, -0.2) is 8.78 Å². The molecule has 2 atom stereocenters. The quantitative estimate of drug-likeness (QED) is 0.379. The number of nitrogens with zero attached hydrogens (tertiary/aromatic N) is 2. The summed E-state index contributed by atoms with van der Waals surface area (Å²) in [6, 6.07) is 20.3. The van der Waals surface area contributed by atoms with Crippen LogP contribution in [-0.2, 0) is 16.1 Å². The van der Waals surface area contributed by atoms with Gasteiger partial charge in [-0.05, 0) is 48.9 Å². The van der Waals surface area contributed by atoms with Gasteiger partial charge >= 0.3 is 0 Å². The summed E-state index contributed by atoms with van der Waals surface area (Å²) >= 11 is 6.05. The molecule has 0 unspecified atom stereocenters. The van der Waals surface area contributed by atoms with E-state index in [2.05, 4.69) is 4.90 Å². The molecule has 0 aliphatic carbocycles. The summed E-state index contributed by atoms with van der Waals surface area (Å²) in [6.07, 6.45) is -1.01. The molecule has 36 heavy (non-hydrogen) atoms. The van der Waals surface area contributed by atoms with Crippen molar-refractivity contribution < 1.29 is 23.0 Å². The molecule has 3 aromatic carbocycles. The Morgan fingerprint density at radius 2 is 1.56 bits per heavy atom. The van der Waals surface area contributed by atoms with Crippen LogP contribution in [0.3, 0.4) is 0 Å². The third kappa shape index (κ3) is 6.81. The summed E-state index contributed by atoms with van der Waals surface area (Å²) in [7, 11) is 0. The minimum atomic E-state index is -0.635. The van der Waals surface area contributed by atoms with Crippen LogP contribution in [-0.4, -0.2) is 54.5 Å². The lowest BCUT2D eigenvalue weighted by Gasteiger charge is -2.37. The Balaban J connectivity index is 1.36. The molecule has 0 radical (unpaired) electrons. The smallest absolute Gasteiger partial charge is 0.263 e. The average Bonchev–Trinajstić information content (AvgIpc) is 2.89. The Morgan fingerprint density at radius 1 is 0.917 bits per heavy atom. The van der Waals surface area contributed by atoms with Gasteiger partial charge in [0.15, 0.2) is 6.10 Å². The molecule has 1 fully saturated rings. The first kappa shape index (κ1) is 26.1. The predicted octanol–water partition coefficient (Wildman–Crippen LogP) is 5.49. The molecule has 3 aromatic rings. The number of halogens is 3. The third-order valence-corrected chi connectivity index (χ3v) is 6.50. The van der Waals surface area contributed by atoms with Crippen molar-refractivity contribution in [2.24, 2.45) is 0 Å². The van der Waals surface area contributed by atoms with Crippen molar-refractivity contribution in [2.45, 2.75) is 25.7 Å². The highest BCUT2D eigenvalue weighted by atomic mass is 35.5. The molecular weight excluding hydrogens is 486 g/mol. The van der Waals surface area contributed by atoms with Gasteiger partial charge in [-0.15, -0.1) is 0 Å². The van der Waals surface area contributed by atoms with E-state index in [0.717, 1.165) is 5.56 Å². The lowest BCUT2D eigenvalue weighted by atomic mass is 10.1. The molecule has 1 amide bonds. The normalized spacial score (nSPS) is 15.9. The van der Waals surface area contributed by atoms with Gasteiger partial charge in [-0.1, -0.05) is 48.0 Å². The topological polar surface area (TPSA) is 42.0 Å². The highest BCUT2D eigenvalue weighted by Gasteiger charge is 2.28. The fourth-order valence-corrected chi connectivity index (χ4v) is 4.31. The molecule has 1 heterocycles. The minimum absolute atomic E-state index is 0.0565. The summed E-state index contributed by atoms with van der Waals surface area (Å²) in [5.74, 6) is -0.669. The number of carbonyl (C=O) groups is 1. The van der Waals surface area contributed by atoms with Crippen molar-refractivity contribution in [2.75, 3.05) is 32.7 Å². The fourth-order valence-electron chi connectivity index (χ4n) is 4.18. The van der Waals surface area contributed by atoms with Crippen molar-refractivity contribution in [1.82, 2.24) is 9.80 Å². The molecule has 5 nitrogen and oxygen atoms in total. The van der Waals surface area contributed by atoms with E-state index in [0.29, 0.717) is 43.5 Å². The number of para-hydroxylation sites is 1. The van der Waals surface area contributed by atoms with Gasteiger partial charge in [-0.2, -0.15) is 0 Å². The second-order valence-corrected chi connectivity index (χ2v) is 9.19. The van der Waals surface area contributed by atoms with E-state index < -0.39 is 23.8 Å². The summed E-state index contributed by atoms with van der Waals surface area (Å²) in [5, 5.41) is 0.594. The Bertz CT molecular complexity index is 1120. The molecule has 1 aliphatic rings. The lowest BCUT2D eigenvalue weighted by Crippen LogP contribution is -2.52. The molecule has 0 spiro atoms. The van der Waals surface area contributed by atoms with E-state index in [1.54, 1.807) is 24.0 Å². The number of rotatable bonds is 9. The van der Waals surface area contributed by atoms with Gasteiger partial charge in [-0.3, -0.25) is 9.69 Å². The maximum absolute atomic E-state index is 14.1. The molecule has 0 N–H and O–H groups in total. The van der Waals surface area contributed by atoms with Gasteiger partial charge in [0.25, 0.3) is 5.91 Å². The fraction of sp³-hybridized carbons (Fsp3) is 0.321. The van der Waals surface area contributed by atoms with Gasteiger partial charge in [0, 0.05) is 43.3 Å². The zero-order chi connectivity index (χ0) is 25.5. The van der Waals surface area contributed by atoms with Gasteiger partial charge in [0.05, 0.1) is 12.7 Å². The Kier molecular flexibility index (Phi) is 8.91. The zero-order valence-electron chi connectivity index (χ0n) is 20.1. The van der Waals surface area contributed by atoms with Crippen LogP contribution in [0.1, 0.15) is 24.2 Å². The van der Waals surface area contributed by atoms with E-state index in [-0.39, 0.29) is 18.1 Å². The van der Waals surface area contributed by atoms with Crippen LogP contribution in [0.25, 0.3) is 0 Å². The molecule has 0 aromatic heterocycles. The van der Waals surface area contributed by atoms with Crippen LogP contribution >= 0.6 is 11.6 Å². The van der Waals surface area contributed by atoms with Crippen molar-refractivity contribution in [3.63, 3.8) is 0 Å². The second kappa shape index (κ2) is 12.3. The van der Waals surface area contributed by atoms with Crippen molar-refractivity contribution in [1.29, 1.82) is 0 Å². The molecule has 8 heteroatoms. The number of hydrogen-bond acceptors (Lipinski definition) is 4. The minimum Gasteiger partial charge on any atom is -0.481 e. The van der Waals surface area contributed by atoms with Crippen molar-refractivity contribution in [3.05, 3.63) is 101 Å². The number of amides is 1. The maximum atomic E-state index is 14.1. The molecule has 0 saturated carbocycles. The molecule has 190 valence electrons. The summed E-state index contributed by atoms with van der Waals surface area (Å²) in [4.78, 5) is 16.9. The number of hydrogen-bond donors (Lipinski definition) is 0. The standard InChI is InChI=1S/C28H29ClF2N2O3/c1-20(36-23-6-3-2-4-7-23)28(34)33-16-14-32(15-17-33)18-27(21-10-12-22(29)13-11-21)35-19-24-25(30)8-5-9-26(24)31/h2-13,20,27H,14-19H2,1H3/t20-,27-/m0/s1. The molecule has 0 bridgehead atoms. The van der Waals surface area contributed by atoms with Crippen molar-refractivity contribution >= 4 is 17.5 Å². The van der Waals surface area contributed by atoms with E-state index >= 15 is 0 Å². The van der Waals surface area contributed by atoms with Crippen LogP contribution in [0, 0.1) is 11.6 Å². The maximum Gasteiger partial charge on any atom is 0.263 e. The molecule has 1 saturated heterocycles. The van der Waals surface area contributed by atoms with Crippen molar-refractivity contribution in [3.8, 4) is 5.75 Å². The van der Waals surface area contributed by atoms with E-state index in [4.69, 9.17) is 21.1 Å². The highest BCUT2D eigenvalue weighted by Crippen LogP contribution is 2.25. The Morgan fingerprint density at radius 3 is 2.19 bits per heavy atom. The van der Waals surface area contributed by atoms with Crippen LogP contribution in [0.2, 0.25) is 5.02 Å². The van der Waals surface area contributed by atoms with Crippen LogP contribution < -0.4 is 4.74 Å². The van der Waals surface area contributed by atoms with Crippen LogP contribution in [0.15, 0.2) is 72.8 Å². The first-order valence-corrected chi connectivity index (χ1v) is 12.3. The zero-order valence-corrected chi connectivity index (χ0v) is 20.8. The van der Waals surface area contributed by atoms with Crippen LogP contribution in [0.5, 0.6) is 5.75 Å². The SMILES string of the molecule is C[C@H](Oc1ccccc1)C(=O)N1CCN(C[C@H](OCc2c(F)cccc2F)c2ccc(Cl)cc2)CC1. The number of ether oxygens (including phenoxy) is 2. The predicted molar refractivity (Wildman–Crippen MR) is 135 cm³/mol. The summed E-state index contributed by atoms with van der Waals surface area (Å²) in [5.41, 5.74) is 0.763. The van der Waals surface area contributed by atoms with Crippen LogP contribution in [0.4, 0.5) is 8.78 Å². The first-order valence-electron chi connectivity index (χ1n) is 11.9. The summed E-state index contributed by atoms with van der Waals surface area (Å²) < 4.78 is 40.1. The van der Waals surface area contributed by atoms with E-state index in [1.807, 2.05) is 42.5 Å². The summed E-state index contributed by atoms with van der Waals surface area (Å²) in [6.45, 7) is 4.46. The highest BCUT2D eigenvalue weighted by molar-refractivity contribution is 6.30. The monoisotopic (exact) mass is 514 g/mol. The average molecular weight is 515 g/mol. The largest absolute Gasteiger partial charge is 0.481 e. The number of piperazine rings is 1. The Labute approximate surface area is 215 Å². The first-order chi connectivity index (χ1) is 17.4. The van der Waals surface area contributed by atoms with Gasteiger partial charge < -0.3 is 14.4 Å².